The lowest BCUT2D eigenvalue weighted by Crippen LogP contribution is -2.21. The molecule has 2 aromatic carbocycles. The van der Waals surface area contributed by atoms with E-state index < -0.39 is 6.10 Å². The van der Waals surface area contributed by atoms with Gasteiger partial charge in [-0.05, 0) is 61.1 Å². The summed E-state index contributed by atoms with van der Waals surface area (Å²) < 4.78 is 5.44. The van der Waals surface area contributed by atoms with Crippen molar-refractivity contribution in [2.75, 3.05) is 19.8 Å². The Hall–Kier alpha value is -2.12. The van der Waals surface area contributed by atoms with E-state index >= 15 is 0 Å². The van der Waals surface area contributed by atoms with Gasteiger partial charge in [-0.3, -0.25) is 9.79 Å². The van der Waals surface area contributed by atoms with Gasteiger partial charge in [-0.1, -0.05) is 60.6 Å². The maximum atomic E-state index is 13.3. The Morgan fingerprint density at radius 1 is 1.27 bits per heavy atom. The molecule has 0 saturated carbocycles. The summed E-state index contributed by atoms with van der Waals surface area (Å²) in [6.45, 7) is 4.45. The monoisotopic (exact) mass is 487 g/mol. The number of aliphatic imine (C=N–C) groups is 1. The summed E-state index contributed by atoms with van der Waals surface area (Å²) in [5.74, 6) is 0.300. The van der Waals surface area contributed by atoms with Crippen LogP contribution in [0.3, 0.4) is 0 Å². The van der Waals surface area contributed by atoms with Crippen LogP contribution in [0.2, 0.25) is 5.02 Å². The second kappa shape index (κ2) is 12.4. The highest BCUT2D eigenvalue weighted by Gasteiger charge is 2.35. The molecule has 2 atom stereocenters. The number of carbonyl (C=O) groups is 1. The van der Waals surface area contributed by atoms with E-state index in [-0.39, 0.29) is 24.9 Å². The van der Waals surface area contributed by atoms with Crippen molar-refractivity contribution < 1.29 is 19.7 Å². The molecular formula is C26H30ClNO4S. The SMILES string of the molecule is CCC/N=C1\S/C(=C\c2ccc(OC[C@H](O)CO)c(Cl)c2)C(=O)C1CCc1ccccc1C. The average Bonchev–Trinajstić information content (AvgIpc) is 3.10. The minimum absolute atomic E-state index is 0.0508. The number of nitrogens with zero attached hydrogens (tertiary/aromatic N) is 1. The number of aryl methyl sites for hydroxylation is 2. The molecule has 1 aliphatic heterocycles. The second-order valence-corrected chi connectivity index (χ2v) is 9.52. The van der Waals surface area contributed by atoms with Crippen LogP contribution in [0.1, 0.15) is 36.5 Å². The summed E-state index contributed by atoms with van der Waals surface area (Å²) in [5.41, 5.74) is 3.29. The van der Waals surface area contributed by atoms with Crippen molar-refractivity contribution in [1.29, 1.82) is 0 Å². The van der Waals surface area contributed by atoms with Crippen molar-refractivity contribution in [3.05, 3.63) is 69.1 Å². The predicted octanol–water partition coefficient (Wildman–Crippen LogP) is 5.09. The summed E-state index contributed by atoms with van der Waals surface area (Å²) in [4.78, 5) is 18.6. The molecule has 0 radical (unpaired) electrons. The van der Waals surface area contributed by atoms with Crippen LogP contribution < -0.4 is 4.74 Å². The van der Waals surface area contributed by atoms with Crippen molar-refractivity contribution in [2.45, 2.75) is 39.2 Å². The van der Waals surface area contributed by atoms with E-state index in [4.69, 9.17) is 26.4 Å². The fraction of sp³-hybridized carbons (Fsp3) is 0.385. The van der Waals surface area contributed by atoms with Crippen LogP contribution in [0, 0.1) is 12.8 Å². The lowest BCUT2D eigenvalue weighted by Gasteiger charge is -2.11. The molecule has 0 aliphatic carbocycles. The Balaban J connectivity index is 1.76. The van der Waals surface area contributed by atoms with Crippen LogP contribution in [0.25, 0.3) is 6.08 Å². The number of rotatable bonds is 10. The Morgan fingerprint density at radius 3 is 2.76 bits per heavy atom. The zero-order chi connectivity index (χ0) is 23.8. The zero-order valence-electron chi connectivity index (χ0n) is 19.0. The molecule has 1 heterocycles. The molecule has 0 spiro atoms. The predicted molar refractivity (Wildman–Crippen MR) is 136 cm³/mol. The van der Waals surface area contributed by atoms with Crippen LogP contribution in [0.4, 0.5) is 0 Å². The fourth-order valence-electron chi connectivity index (χ4n) is 3.54. The van der Waals surface area contributed by atoms with Gasteiger partial charge in [0, 0.05) is 6.54 Å². The minimum Gasteiger partial charge on any atom is -0.489 e. The molecule has 0 bridgehead atoms. The third-order valence-corrected chi connectivity index (χ3v) is 6.88. The first-order valence-corrected chi connectivity index (χ1v) is 12.4. The van der Waals surface area contributed by atoms with E-state index in [1.54, 1.807) is 12.1 Å². The normalized spacial score (nSPS) is 19.4. The summed E-state index contributed by atoms with van der Waals surface area (Å²) in [5, 5.41) is 19.6. The van der Waals surface area contributed by atoms with E-state index in [0.29, 0.717) is 22.2 Å². The molecule has 1 fully saturated rings. The second-order valence-electron chi connectivity index (χ2n) is 8.05. The van der Waals surface area contributed by atoms with Crippen molar-refractivity contribution >= 4 is 40.3 Å². The standard InChI is InChI=1S/C26H30ClNO4S/c1-3-12-28-26-21(10-9-19-7-5-4-6-17(19)2)25(31)24(33-26)14-18-8-11-23(22(27)13-18)32-16-20(30)15-29/h4-8,11,13-14,20-21,29-30H,3,9-10,12,15-16H2,1-2H3/b24-14-,28-26-/t20-,21?/m1/s1. The van der Waals surface area contributed by atoms with Gasteiger partial charge in [0.2, 0.25) is 0 Å². The largest absolute Gasteiger partial charge is 0.489 e. The van der Waals surface area contributed by atoms with Crippen LogP contribution in [0.5, 0.6) is 5.75 Å². The Kier molecular flexibility index (Phi) is 9.56. The third-order valence-electron chi connectivity index (χ3n) is 5.42. The number of ether oxygens (including phenoxy) is 1. The van der Waals surface area contributed by atoms with E-state index in [2.05, 4.69) is 26.0 Å². The van der Waals surface area contributed by atoms with Crippen molar-refractivity contribution in [3.63, 3.8) is 0 Å². The number of hydrogen-bond acceptors (Lipinski definition) is 6. The van der Waals surface area contributed by atoms with Crippen LogP contribution >= 0.6 is 23.4 Å². The molecule has 0 aromatic heterocycles. The first kappa shape index (κ1) is 25.5. The van der Waals surface area contributed by atoms with Gasteiger partial charge in [-0.15, -0.1) is 0 Å². The number of allylic oxidation sites excluding steroid dienone is 1. The van der Waals surface area contributed by atoms with Crippen LogP contribution in [-0.2, 0) is 11.2 Å². The number of aliphatic hydroxyl groups is 2. The van der Waals surface area contributed by atoms with Crippen LogP contribution in [0.15, 0.2) is 52.4 Å². The number of aliphatic hydroxyl groups excluding tert-OH is 2. The lowest BCUT2D eigenvalue weighted by atomic mass is 9.94. The zero-order valence-corrected chi connectivity index (χ0v) is 20.5. The molecule has 1 unspecified atom stereocenters. The summed E-state index contributed by atoms with van der Waals surface area (Å²) in [6, 6.07) is 13.5. The number of carbonyl (C=O) groups excluding carboxylic acids is 1. The van der Waals surface area contributed by atoms with Crippen molar-refractivity contribution in [3.8, 4) is 5.75 Å². The first-order chi connectivity index (χ1) is 15.9. The Bertz CT molecular complexity index is 1040. The molecule has 1 aliphatic rings. The molecule has 33 heavy (non-hydrogen) atoms. The maximum Gasteiger partial charge on any atom is 0.179 e. The highest BCUT2D eigenvalue weighted by atomic mass is 35.5. The number of halogens is 1. The van der Waals surface area contributed by atoms with Gasteiger partial charge in [0.05, 0.1) is 27.5 Å². The van der Waals surface area contributed by atoms with Crippen LogP contribution in [-0.4, -0.2) is 46.9 Å². The van der Waals surface area contributed by atoms with E-state index in [0.717, 1.165) is 29.9 Å². The molecule has 1 saturated heterocycles. The van der Waals surface area contributed by atoms with Gasteiger partial charge in [0.15, 0.2) is 5.78 Å². The number of benzene rings is 2. The highest BCUT2D eigenvalue weighted by molar-refractivity contribution is 8.19. The quantitative estimate of drug-likeness (QED) is 0.456. The Labute approximate surface area is 204 Å². The molecule has 176 valence electrons. The van der Waals surface area contributed by atoms with E-state index in [9.17, 15) is 9.90 Å². The number of ketones is 1. The van der Waals surface area contributed by atoms with E-state index in [1.807, 2.05) is 24.3 Å². The average molecular weight is 488 g/mol. The summed E-state index contributed by atoms with van der Waals surface area (Å²) in [7, 11) is 0. The number of thioether (sulfide) groups is 1. The van der Waals surface area contributed by atoms with Crippen molar-refractivity contribution in [2.24, 2.45) is 10.9 Å². The molecule has 3 rings (SSSR count). The fourth-order valence-corrected chi connectivity index (χ4v) is 4.97. The Morgan fingerprint density at radius 2 is 2.06 bits per heavy atom. The molecule has 5 nitrogen and oxygen atoms in total. The number of Topliss-reactive ketones (excluding diaryl/α,β-unsaturated/α-hetero) is 1. The molecule has 2 aromatic rings. The van der Waals surface area contributed by atoms with Gasteiger partial charge in [0.1, 0.15) is 18.5 Å². The lowest BCUT2D eigenvalue weighted by molar-refractivity contribution is -0.116. The maximum absolute atomic E-state index is 13.3. The number of hydrogen-bond donors (Lipinski definition) is 2. The molecular weight excluding hydrogens is 458 g/mol. The van der Waals surface area contributed by atoms with Crippen molar-refractivity contribution in [1.82, 2.24) is 0 Å². The third kappa shape index (κ3) is 6.93. The molecule has 0 amide bonds. The van der Waals surface area contributed by atoms with Gasteiger partial charge in [-0.25, -0.2) is 0 Å². The topological polar surface area (TPSA) is 79.1 Å². The molecule has 2 N–H and O–H groups in total. The summed E-state index contributed by atoms with van der Waals surface area (Å²) >= 11 is 7.78. The van der Waals surface area contributed by atoms with Gasteiger partial charge in [0.25, 0.3) is 0 Å². The van der Waals surface area contributed by atoms with Gasteiger partial charge >= 0.3 is 0 Å². The first-order valence-electron chi connectivity index (χ1n) is 11.2. The van der Waals surface area contributed by atoms with Gasteiger partial charge < -0.3 is 14.9 Å². The summed E-state index contributed by atoms with van der Waals surface area (Å²) in [6.07, 6.45) is 3.38. The molecule has 7 heteroatoms. The van der Waals surface area contributed by atoms with E-state index in [1.165, 1.54) is 22.9 Å². The minimum atomic E-state index is -0.965. The highest BCUT2D eigenvalue weighted by Crippen LogP contribution is 2.39. The van der Waals surface area contributed by atoms with Gasteiger partial charge in [-0.2, -0.15) is 0 Å². The smallest absolute Gasteiger partial charge is 0.179 e.